The molecule has 0 radical (unpaired) electrons. The van der Waals surface area contributed by atoms with Crippen LogP contribution in [0.1, 0.15) is 51.4 Å². The molecule has 3 aromatic carbocycles. The number of carbonyl (C=O) groups is 3. The van der Waals surface area contributed by atoms with Gasteiger partial charge in [-0.3, -0.25) is 4.79 Å². The fourth-order valence-electron chi connectivity index (χ4n) is 4.77. The van der Waals surface area contributed by atoms with Gasteiger partial charge in [-0.05, 0) is 72.2 Å². The predicted molar refractivity (Wildman–Crippen MR) is 132 cm³/mol. The Morgan fingerprint density at radius 2 is 1.57 bits per heavy atom. The molecule has 0 saturated heterocycles. The number of benzene rings is 3. The zero-order valence-electron chi connectivity index (χ0n) is 19.6. The predicted octanol–water partition coefficient (Wildman–Crippen LogP) is 5.01. The van der Waals surface area contributed by atoms with Crippen molar-refractivity contribution in [2.24, 2.45) is 0 Å². The van der Waals surface area contributed by atoms with Crippen molar-refractivity contribution in [2.75, 3.05) is 11.9 Å². The Hall–Kier alpha value is -4.13. The first kappa shape index (κ1) is 22.7. The standard InChI is InChI=1S/C28H26N2O5/c1-16-13-18(14-23(17(16)2)25(31)32)29-26(33)28(11-12-28)30-27(34)35-15-24-21-9-5-3-7-19(21)20-8-4-6-10-22(20)24/h3-10,13-14,24H,11-12,15H2,1-2H3,(H,29,33)(H,30,34)(H,31,32). The van der Waals surface area contributed by atoms with Crippen LogP contribution in [0.5, 0.6) is 0 Å². The van der Waals surface area contributed by atoms with Crippen LogP contribution in [-0.4, -0.2) is 35.2 Å². The molecule has 2 aliphatic carbocycles. The topological polar surface area (TPSA) is 105 Å². The molecule has 0 atom stereocenters. The van der Waals surface area contributed by atoms with Crippen molar-refractivity contribution >= 4 is 23.7 Å². The quantitative estimate of drug-likeness (QED) is 0.470. The molecule has 2 aliphatic rings. The van der Waals surface area contributed by atoms with Crippen LogP contribution in [0.3, 0.4) is 0 Å². The molecule has 1 saturated carbocycles. The van der Waals surface area contributed by atoms with Crippen LogP contribution in [-0.2, 0) is 9.53 Å². The summed E-state index contributed by atoms with van der Waals surface area (Å²) < 4.78 is 5.59. The number of fused-ring (bicyclic) bond motifs is 3. The van der Waals surface area contributed by atoms with Crippen molar-refractivity contribution in [2.45, 2.75) is 38.1 Å². The Labute approximate surface area is 203 Å². The molecule has 7 nitrogen and oxygen atoms in total. The van der Waals surface area contributed by atoms with Gasteiger partial charge in [0, 0.05) is 11.6 Å². The third kappa shape index (κ3) is 4.14. The number of carboxylic acid groups (broad SMARTS) is 1. The van der Waals surface area contributed by atoms with E-state index in [0.717, 1.165) is 27.8 Å². The Morgan fingerprint density at radius 3 is 2.14 bits per heavy atom. The molecule has 0 aliphatic heterocycles. The molecule has 178 valence electrons. The first-order valence-corrected chi connectivity index (χ1v) is 11.6. The molecular weight excluding hydrogens is 444 g/mol. The number of anilines is 1. The average molecular weight is 471 g/mol. The van der Waals surface area contributed by atoms with Crippen molar-refractivity contribution < 1.29 is 24.2 Å². The Kier molecular flexibility index (Phi) is 5.55. The maximum absolute atomic E-state index is 13.0. The fraction of sp³-hybridized carbons (Fsp3) is 0.250. The van der Waals surface area contributed by atoms with Gasteiger partial charge in [0.25, 0.3) is 0 Å². The number of aromatic carboxylic acids is 1. The number of aryl methyl sites for hydroxylation is 1. The van der Waals surface area contributed by atoms with Gasteiger partial charge in [-0.25, -0.2) is 9.59 Å². The fourth-order valence-corrected chi connectivity index (χ4v) is 4.77. The van der Waals surface area contributed by atoms with E-state index in [2.05, 4.69) is 22.8 Å². The summed E-state index contributed by atoms with van der Waals surface area (Å²) >= 11 is 0. The highest BCUT2D eigenvalue weighted by Crippen LogP contribution is 2.44. The summed E-state index contributed by atoms with van der Waals surface area (Å²) in [5.41, 5.74) is 5.39. The maximum Gasteiger partial charge on any atom is 0.408 e. The Bertz CT molecular complexity index is 1310. The van der Waals surface area contributed by atoms with Crippen LogP contribution in [0.25, 0.3) is 11.1 Å². The third-order valence-corrected chi connectivity index (χ3v) is 7.03. The first-order valence-electron chi connectivity index (χ1n) is 11.6. The molecule has 1 fully saturated rings. The number of ether oxygens (including phenoxy) is 1. The van der Waals surface area contributed by atoms with Gasteiger partial charge in [-0.1, -0.05) is 48.5 Å². The van der Waals surface area contributed by atoms with Gasteiger partial charge in [-0.2, -0.15) is 0 Å². The van der Waals surface area contributed by atoms with Gasteiger partial charge in [-0.15, -0.1) is 0 Å². The molecule has 5 rings (SSSR count). The first-order chi connectivity index (χ1) is 16.8. The lowest BCUT2D eigenvalue weighted by Crippen LogP contribution is -2.46. The van der Waals surface area contributed by atoms with E-state index in [4.69, 9.17) is 4.74 Å². The minimum atomic E-state index is -1.06. The van der Waals surface area contributed by atoms with Crippen LogP contribution in [0.4, 0.5) is 10.5 Å². The lowest BCUT2D eigenvalue weighted by molar-refractivity contribution is -0.119. The van der Waals surface area contributed by atoms with Gasteiger partial charge in [0.1, 0.15) is 12.1 Å². The van der Waals surface area contributed by atoms with Crippen LogP contribution < -0.4 is 10.6 Å². The molecule has 0 aromatic heterocycles. The van der Waals surface area contributed by atoms with Crippen molar-refractivity contribution in [3.63, 3.8) is 0 Å². The Balaban J connectivity index is 1.25. The number of nitrogens with one attached hydrogen (secondary N) is 2. The summed E-state index contributed by atoms with van der Waals surface area (Å²) in [4.78, 5) is 37.2. The second-order valence-electron chi connectivity index (χ2n) is 9.26. The lowest BCUT2D eigenvalue weighted by Gasteiger charge is -2.19. The molecule has 7 heteroatoms. The number of alkyl carbamates (subject to hydrolysis) is 1. The minimum absolute atomic E-state index is 0.0675. The van der Waals surface area contributed by atoms with Gasteiger partial charge in [0.2, 0.25) is 5.91 Å². The van der Waals surface area contributed by atoms with E-state index in [1.807, 2.05) is 36.4 Å². The summed E-state index contributed by atoms with van der Waals surface area (Å²) in [7, 11) is 0. The van der Waals surface area contributed by atoms with E-state index in [9.17, 15) is 19.5 Å². The number of amides is 2. The van der Waals surface area contributed by atoms with Crippen molar-refractivity contribution in [3.05, 3.63) is 88.5 Å². The Morgan fingerprint density at radius 1 is 0.971 bits per heavy atom. The van der Waals surface area contributed by atoms with Gasteiger partial charge < -0.3 is 20.5 Å². The molecule has 0 bridgehead atoms. The van der Waals surface area contributed by atoms with E-state index in [1.165, 1.54) is 6.07 Å². The van der Waals surface area contributed by atoms with Crippen molar-refractivity contribution in [1.82, 2.24) is 5.32 Å². The number of rotatable bonds is 6. The molecule has 3 N–H and O–H groups in total. The minimum Gasteiger partial charge on any atom is -0.478 e. The van der Waals surface area contributed by atoms with Gasteiger partial charge >= 0.3 is 12.1 Å². The van der Waals surface area contributed by atoms with E-state index in [1.54, 1.807) is 19.9 Å². The highest BCUT2D eigenvalue weighted by atomic mass is 16.5. The molecule has 3 aromatic rings. The summed E-state index contributed by atoms with van der Waals surface area (Å²) in [5, 5.41) is 14.9. The number of carbonyl (C=O) groups excluding carboxylic acids is 2. The van der Waals surface area contributed by atoms with Gasteiger partial charge in [0.05, 0.1) is 5.56 Å². The van der Waals surface area contributed by atoms with E-state index in [0.29, 0.717) is 24.1 Å². The molecular formula is C28H26N2O5. The number of hydrogen-bond acceptors (Lipinski definition) is 4. The van der Waals surface area contributed by atoms with Crippen LogP contribution in [0.2, 0.25) is 0 Å². The average Bonchev–Trinajstić information content (AvgIpc) is 3.55. The SMILES string of the molecule is Cc1cc(NC(=O)C2(NC(=O)OCC3c4ccccc4-c4ccccc43)CC2)cc(C(=O)O)c1C. The maximum atomic E-state index is 13.0. The van der Waals surface area contributed by atoms with Crippen LogP contribution in [0, 0.1) is 13.8 Å². The monoisotopic (exact) mass is 470 g/mol. The molecule has 0 unspecified atom stereocenters. The van der Waals surface area contributed by atoms with Crippen molar-refractivity contribution in [1.29, 1.82) is 0 Å². The molecule has 35 heavy (non-hydrogen) atoms. The van der Waals surface area contributed by atoms with Crippen LogP contribution in [0.15, 0.2) is 60.7 Å². The normalized spacial score (nSPS) is 15.0. The van der Waals surface area contributed by atoms with Gasteiger partial charge in [0.15, 0.2) is 0 Å². The summed E-state index contributed by atoms with van der Waals surface area (Å²) in [6.07, 6.45) is 0.324. The smallest absolute Gasteiger partial charge is 0.408 e. The van der Waals surface area contributed by atoms with E-state index >= 15 is 0 Å². The van der Waals surface area contributed by atoms with E-state index in [-0.39, 0.29) is 24.0 Å². The summed E-state index contributed by atoms with van der Waals surface area (Å²) in [6, 6.07) is 19.3. The molecule has 0 heterocycles. The molecule has 2 amide bonds. The third-order valence-electron chi connectivity index (χ3n) is 7.03. The lowest BCUT2D eigenvalue weighted by atomic mass is 9.98. The van der Waals surface area contributed by atoms with Crippen LogP contribution >= 0.6 is 0 Å². The second kappa shape index (κ2) is 8.58. The molecule has 0 spiro atoms. The highest BCUT2D eigenvalue weighted by Gasteiger charge is 2.52. The number of hydrogen-bond donors (Lipinski definition) is 3. The zero-order chi connectivity index (χ0) is 24.7. The second-order valence-corrected chi connectivity index (χ2v) is 9.26. The number of carboxylic acids is 1. The van der Waals surface area contributed by atoms with Crippen molar-refractivity contribution in [3.8, 4) is 11.1 Å². The largest absolute Gasteiger partial charge is 0.478 e. The summed E-state index contributed by atoms with van der Waals surface area (Å²) in [6.45, 7) is 3.68. The van der Waals surface area contributed by atoms with E-state index < -0.39 is 17.6 Å². The zero-order valence-corrected chi connectivity index (χ0v) is 19.6. The highest BCUT2D eigenvalue weighted by molar-refractivity contribution is 6.03. The summed E-state index contributed by atoms with van der Waals surface area (Å²) in [5.74, 6) is -1.51.